The molecule has 0 aromatic heterocycles. The number of carbonyl (C=O) groups is 2. The number of aliphatic imine (C=N–C) groups is 1. The summed E-state index contributed by atoms with van der Waals surface area (Å²) in [4.78, 5) is 31.5. The Bertz CT molecular complexity index is 1330. The van der Waals surface area contributed by atoms with Crippen LogP contribution in [0.5, 0.6) is 0 Å². The van der Waals surface area contributed by atoms with E-state index in [4.69, 9.17) is 4.74 Å². The molecule has 2 aliphatic rings. The number of alkyl carbamates (subject to hydrolysis) is 1. The number of anilines is 1. The van der Waals surface area contributed by atoms with E-state index >= 15 is 0 Å². The standard InChI is InChI=1S/C25H27F2N3O5S2/c1-25(2,3)35-24(32)28-18(11-15-7-5-4-6-8-15)22(31)29-23-30(19-10-9-16(26)12-17(19)27)20-13-37(33,34)14-21(20)36-23/h4-10,12,18,20-21H,11,13-14H2,1-3H3,(H,28,32)/t18-,20-,21-/m1/s1. The molecular weight excluding hydrogens is 524 g/mol. The molecule has 2 aromatic rings. The minimum absolute atomic E-state index is 0.0789. The first kappa shape index (κ1) is 27.1. The van der Waals surface area contributed by atoms with E-state index in [2.05, 4.69) is 10.3 Å². The molecule has 0 bridgehead atoms. The van der Waals surface area contributed by atoms with Crippen LogP contribution in [0.2, 0.25) is 0 Å². The van der Waals surface area contributed by atoms with Crippen LogP contribution >= 0.6 is 11.8 Å². The Morgan fingerprint density at radius 1 is 1.16 bits per heavy atom. The first-order chi connectivity index (χ1) is 17.3. The van der Waals surface area contributed by atoms with E-state index in [1.807, 2.05) is 6.07 Å². The summed E-state index contributed by atoms with van der Waals surface area (Å²) in [7, 11) is -3.38. The maximum Gasteiger partial charge on any atom is 0.408 e. The highest BCUT2D eigenvalue weighted by molar-refractivity contribution is 8.16. The first-order valence-electron chi connectivity index (χ1n) is 11.6. The van der Waals surface area contributed by atoms with Gasteiger partial charge in [-0.3, -0.25) is 4.79 Å². The van der Waals surface area contributed by atoms with Gasteiger partial charge in [0.25, 0.3) is 5.91 Å². The van der Waals surface area contributed by atoms with Gasteiger partial charge < -0.3 is 15.0 Å². The minimum atomic E-state index is -3.38. The number of hydrogen-bond acceptors (Lipinski definition) is 6. The number of amides is 2. The van der Waals surface area contributed by atoms with Crippen molar-refractivity contribution in [2.45, 2.75) is 50.1 Å². The molecule has 2 fully saturated rings. The van der Waals surface area contributed by atoms with E-state index < -0.39 is 56.4 Å². The Balaban J connectivity index is 1.67. The maximum absolute atomic E-state index is 14.8. The third-order valence-corrected chi connectivity index (χ3v) is 8.92. The van der Waals surface area contributed by atoms with Crippen LogP contribution in [-0.2, 0) is 25.8 Å². The molecule has 37 heavy (non-hydrogen) atoms. The van der Waals surface area contributed by atoms with Gasteiger partial charge in [-0.15, -0.1) is 0 Å². The van der Waals surface area contributed by atoms with Gasteiger partial charge >= 0.3 is 6.09 Å². The van der Waals surface area contributed by atoms with E-state index in [1.165, 1.54) is 11.0 Å². The number of nitrogens with zero attached hydrogens (tertiary/aromatic N) is 2. The van der Waals surface area contributed by atoms with Crippen molar-refractivity contribution in [1.82, 2.24) is 5.32 Å². The van der Waals surface area contributed by atoms with Crippen LogP contribution in [0.4, 0.5) is 19.3 Å². The van der Waals surface area contributed by atoms with Crippen LogP contribution in [0.25, 0.3) is 0 Å². The van der Waals surface area contributed by atoms with Crippen molar-refractivity contribution in [3.05, 3.63) is 65.7 Å². The first-order valence-corrected chi connectivity index (χ1v) is 14.3. The van der Waals surface area contributed by atoms with Crippen molar-refractivity contribution in [3.8, 4) is 0 Å². The Kier molecular flexibility index (Phi) is 7.61. The second kappa shape index (κ2) is 10.4. The summed E-state index contributed by atoms with van der Waals surface area (Å²) in [5.74, 6) is -2.81. The number of carbonyl (C=O) groups excluding carboxylic acids is 2. The van der Waals surface area contributed by atoms with Gasteiger partial charge in [0.05, 0.1) is 23.2 Å². The molecule has 2 saturated heterocycles. The fourth-order valence-corrected chi connectivity index (χ4v) is 8.11. The van der Waals surface area contributed by atoms with Gasteiger partial charge in [-0.1, -0.05) is 42.1 Å². The van der Waals surface area contributed by atoms with Crippen molar-refractivity contribution in [2.24, 2.45) is 4.99 Å². The van der Waals surface area contributed by atoms with Gasteiger partial charge in [-0.05, 0) is 38.5 Å². The van der Waals surface area contributed by atoms with E-state index in [0.29, 0.717) is 6.07 Å². The highest BCUT2D eigenvalue weighted by atomic mass is 32.2. The van der Waals surface area contributed by atoms with E-state index in [0.717, 1.165) is 23.4 Å². The fraction of sp³-hybridized carbons (Fsp3) is 0.400. The molecule has 2 heterocycles. The van der Waals surface area contributed by atoms with Gasteiger partial charge in [0.2, 0.25) is 0 Å². The number of fused-ring (bicyclic) bond motifs is 1. The number of nitrogens with one attached hydrogen (secondary N) is 1. The third-order valence-electron chi connectivity index (χ3n) is 5.71. The Morgan fingerprint density at radius 2 is 1.86 bits per heavy atom. The molecule has 4 rings (SSSR count). The largest absolute Gasteiger partial charge is 0.444 e. The summed E-state index contributed by atoms with van der Waals surface area (Å²) < 4.78 is 58.2. The summed E-state index contributed by atoms with van der Waals surface area (Å²) in [6.45, 7) is 5.08. The second-order valence-electron chi connectivity index (χ2n) is 9.89. The predicted molar refractivity (Wildman–Crippen MR) is 138 cm³/mol. The van der Waals surface area contributed by atoms with Crippen LogP contribution in [-0.4, -0.2) is 60.0 Å². The normalized spacial score (nSPS) is 22.5. The molecule has 1 N–H and O–H groups in total. The van der Waals surface area contributed by atoms with Gasteiger partial charge in [0, 0.05) is 17.7 Å². The molecule has 8 nitrogen and oxygen atoms in total. The zero-order valence-electron chi connectivity index (χ0n) is 20.5. The zero-order chi connectivity index (χ0) is 27.0. The molecule has 0 radical (unpaired) electrons. The molecule has 12 heteroatoms. The van der Waals surface area contributed by atoms with Crippen molar-refractivity contribution in [1.29, 1.82) is 0 Å². The number of ether oxygens (including phenoxy) is 1. The molecule has 3 atom stereocenters. The molecule has 0 saturated carbocycles. The van der Waals surface area contributed by atoms with E-state index in [-0.39, 0.29) is 28.8 Å². The second-order valence-corrected chi connectivity index (χ2v) is 13.2. The molecule has 198 valence electrons. The molecule has 2 amide bonds. The van der Waals surface area contributed by atoms with Crippen molar-refractivity contribution in [3.63, 3.8) is 0 Å². The minimum Gasteiger partial charge on any atom is -0.444 e. The van der Waals surface area contributed by atoms with Crippen molar-refractivity contribution >= 4 is 44.5 Å². The monoisotopic (exact) mass is 551 g/mol. The van der Waals surface area contributed by atoms with E-state index in [9.17, 15) is 26.8 Å². The molecule has 0 aliphatic carbocycles. The summed E-state index contributed by atoms with van der Waals surface area (Å²) >= 11 is 1.05. The average Bonchev–Trinajstić information content (AvgIpc) is 3.24. The number of halogens is 2. The van der Waals surface area contributed by atoms with Crippen LogP contribution in [0.3, 0.4) is 0 Å². The van der Waals surface area contributed by atoms with Gasteiger partial charge in [0.15, 0.2) is 15.0 Å². The maximum atomic E-state index is 14.8. The lowest BCUT2D eigenvalue weighted by molar-refractivity contribution is -0.119. The lowest BCUT2D eigenvalue weighted by Crippen LogP contribution is -2.45. The molecule has 2 aromatic carbocycles. The fourth-order valence-electron chi connectivity index (χ4n) is 4.19. The van der Waals surface area contributed by atoms with Gasteiger partial charge in [0.1, 0.15) is 23.3 Å². The van der Waals surface area contributed by atoms with Crippen LogP contribution in [0.1, 0.15) is 26.3 Å². The number of benzene rings is 2. The third kappa shape index (κ3) is 6.67. The molecular formula is C25H27F2N3O5S2. The summed E-state index contributed by atoms with van der Waals surface area (Å²) in [5, 5.41) is 2.18. The number of sulfone groups is 1. The lowest BCUT2D eigenvalue weighted by Gasteiger charge is -2.25. The SMILES string of the molecule is CC(C)(C)OC(=O)N[C@H](Cc1ccccc1)C(=O)N=C1S[C@@H]2CS(=O)(=O)C[C@H]2N1c1ccc(F)cc1F. The summed E-state index contributed by atoms with van der Waals surface area (Å²) in [5.41, 5.74) is -0.109. The molecule has 0 spiro atoms. The average molecular weight is 552 g/mol. The van der Waals surface area contributed by atoms with Crippen LogP contribution < -0.4 is 10.2 Å². The van der Waals surface area contributed by atoms with Crippen molar-refractivity contribution < 1.29 is 31.5 Å². The predicted octanol–water partition coefficient (Wildman–Crippen LogP) is 3.70. The number of thioether (sulfide) groups is 1. The van der Waals surface area contributed by atoms with Gasteiger partial charge in [-0.2, -0.15) is 4.99 Å². The lowest BCUT2D eigenvalue weighted by atomic mass is 10.1. The van der Waals surface area contributed by atoms with Crippen LogP contribution in [0, 0.1) is 11.6 Å². The number of amidine groups is 1. The Morgan fingerprint density at radius 3 is 2.51 bits per heavy atom. The highest BCUT2D eigenvalue weighted by Crippen LogP contribution is 2.41. The Hall–Kier alpha value is -2.99. The quantitative estimate of drug-likeness (QED) is 0.604. The van der Waals surface area contributed by atoms with Gasteiger partial charge in [-0.25, -0.2) is 22.0 Å². The summed E-state index contributed by atoms with van der Waals surface area (Å²) in [6.07, 6.45) is -0.683. The number of rotatable bonds is 5. The topological polar surface area (TPSA) is 105 Å². The number of hydrogen-bond donors (Lipinski definition) is 1. The molecule has 2 aliphatic heterocycles. The van der Waals surface area contributed by atoms with Crippen molar-refractivity contribution in [2.75, 3.05) is 16.4 Å². The zero-order valence-corrected chi connectivity index (χ0v) is 22.1. The molecule has 0 unspecified atom stereocenters. The smallest absolute Gasteiger partial charge is 0.408 e. The van der Waals surface area contributed by atoms with Crippen LogP contribution in [0.15, 0.2) is 53.5 Å². The summed E-state index contributed by atoms with van der Waals surface area (Å²) in [6, 6.07) is 10.2. The highest BCUT2D eigenvalue weighted by Gasteiger charge is 2.50. The Labute approximate surface area is 218 Å². The van der Waals surface area contributed by atoms with E-state index in [1.54, 1.807) is 45.0 Å².